The number of halogens is 1. The summed E-state index contributed by atoms with van der Waals surface area (Å²) < 4.78 is 11.7. The van der Waals surface area contributed by atoms with Gasteiger partial charge in [-0.1, -0.05) is 29.9 Å². The van der Waals surface area contributed by atoms with Gasteiger partial charge in [0.2, 0.25) is 0 Å². The molecule has 2 aromatic heterocycles. The van der Waals surface area contributed by atoms with Gasteiger partial charge in [-0.05, 0) is 43.7 Å². The molecule has 3 rings (SSSR count). The van der Waals surface area contributed by atoms with Crippen LogP contribution in [0.25, 0.3) is 10.2 Å². The zero-order valence-electron chi connectivity index (χ0n) is 15.3. The van der Waals surface area contributed by atoms with Crippen LogP contribution < -0.4 is 10.1 Å². The van der Waals surface area contributed by atoms with E-state index in [9.17, 15) is 9.59 Å². The van der Waals surface area contributed by atoms with Crippen molar-refractivity contribution in [1.29, 1.82) is 0 Å². The Morgan fingerprint density at radius 1 is 1.29 bits per heavy atom. The van der Waals surface area contributed by atoms with Crippen LogP contribution in [0.1, 0.15) is 30.6 Å². The predicted octanol–water partition coefficient (Wildman–Crippen LogP) is 4.32. The molecule has 0 bridgehead atoms. The molecular weight excluding hydrogens is 402 g/mol. The lowest BCUT2D eigenvalue weighted by Crippen LogP contribution is -2.32. The number of pyridine rings is 1. The van der Waals surface area contributed by atoms with Crippen molar-refractivity contribution >= 4 is 50.2 Å². The van der Waals surface area contributed by atoms with Gasteiger partial charge in [-0.15, -0.1) is 0 Å². The summed E-state index contributed by atoms with van der Waals surface area (Å²) in [5.41, 5.74) is 0.856. The molecule has 0 aliphatic rings. The lowest BCUT2D eigenvalue weighted by atomic mass is 10.2. The first-order valence-electron chi connectivity index (χ1n) is 8.67. The summed E-state index contributed by atoms with van der Waals surface area (Å²) in [4.78, 5) is 33.0. The van der Waals surface area contributed by atoms with Gasteiger partial charge in [0.15, 0.2) is 11.2 Å². The molecule has 0 aliphatic heterocycles. The van der Waals surface area contributed by atoms with Crippen molar-refractivity contribution in [2.75, 3.05) is 11.9 Å². The number of rotatable bonds is 7. The Labute approximate surface area is 170 Å². The van der Waals surface area contributed by atoms with Gasteiger partial charge < -0.3 is 9.47 Å². The van der Waals surface area contributed by atoms with Crippen LogP contribution in [0.2, 0.25) is 5.15 Å². The fraction of sp³-hybridized carbons (Fsp3) is 0.263. The number of hydrogen-bond acceptors (Lipinski definition) is 7. The van der Waals surface area contributed by atoms with Crippen molar-refractivity contribution in [2.45, 2.75) is 26.4 Å². The highest BCUT2D eigenvalue weighted by atomic mass is 35.5. The first-order chi connectivity index (χ1) is 13.5. The highest BCUT2D eigenvalue weighted by molar-refractivity contribution is 7.22. The zero-order valence-corrected chi connectivity index (χ0v) is 16.8. The summed E-state index contributed by atoms with van der Waals surface area (Å²) in [5.74, 6) is -0.420. The van der Waals surface area contributed by atoms with Gasteiger partial charge in [-0.25, -0.2) is 14.8 Å². The van der Waals surface area contributed by atoms with E-state index in [-0.39, 0.29) is 10.7 Å². The molecule has 0 radical (unpaired) electrons. The maximum atomic E-state index is 12.5. The number of ether oxygens (including phenoxy) is 2. The van der Waals surface area contributed by atoms with Crippen LogP contribution in [0.5, 0.6) is 5.75 Å². The van der Waals surface area contributed by atoms with E-state index in [4.69, 9.17) is 21.1 Å². The molecule has 0 saturated carbocycles. The van der Waals surface area contributed by atoms with Gasteiger partial charge in [-0.3, -0.25) is 10.1 Å². The van der Waals surface area contributed by atoms with Crippen molar-refractivity contribution in [2.24, 2.45) is 0 Å². The number of anilines is 1. The monoisotopic (exact) mass is 419 g/mol. The number of esters is 1. The number of fused-ring (bicyclic) bond motifs is 1. The molecule has 0 fully saturated rings. The van der Waals surface area contributed by atoms with Crippen LogP contribution in [-0.4, -0.2) is 34.6 Å². The molecule has 2 heterocycles. The number of thiazole rings is 1. The van der Waals surface area contributed by atoms with Crippen molar-refractivity contribution in [1.82, 2.24) is 9.97 Å². The van der Waals surface area contributed by atoms with Crippen LogP contribution in [0, 0.1) is 0 Å². The van der Waals surface area contributed by atoms with Crippen molar-refractivity contribution in [3.8, 4) is 5.75 Å². The fourth-order valence-corrected chi connectivity index (χ4v) is 3.55. The Balaban J connectivity index is 1.70. The SMILES string of the molecule is CCOc1ccc2nc(NC(=O)C(CC)OC(=O)c3cccnc3Cl)sc2c1. The predicted molar refractivity (Wildman–Crippen MR) is 108 cm³/mol. The van der Waals surface area contributed by atoms with Gasteiger partial charge in [0.25, 0.3) is 5.91 Å². The smallest absolute Gasteiger partial charge is 0.342 e. The van der Waals surface area contributed by atoms with Crippen LogP contribution in [0.15, 0.2) is 36.5 Å². The average Bonchev–Trinajstić information content (AvgIpc) is 3.07. The Morgan fingerprint density at radius 2 is 2.11 bits per heavy atom. The zero-order chi connectivity index (χ0) is 20.1. The summed E-state index contributed by atoms with van der Waals surface area (Å²) in [6.45, 7) is 4.22. The largest absolute Gasteiger partial charge is 0.494 e. The van der Waals surface area contributed by atoms with E-state index < -0.39 is 18.0 Å². The molecule has 0 spiro atoms. The molecule has 146 valence electrons. The Kier molecular flexibility index (Phi) is 6.43. The number of carbonyl (C=O) groups excluding carboxylic acids is 2. The molecule has 9 heteroatoms. The van der Waals surface area contributed by atoms with Gasteiger partial charge in [-0.2, -0.15) is 0 Å². The minimum Gasteiger partial charge on any atom is -0.494 e. The van der Waals surface area contributed by atoms with Gasteiger partial charge in [0.05, 0.1) is 22.4 Å². The Hall–Kier alpha value is -2.71. The molecular formula is C19H18ClN3O4S. The Bertz CT molecular complexity index is 1010. The summed E-state index contributed by atoms with van der Waals surface area (Å²) in [6, 6.07) is 8.58. The highest BCUT2D eigenvalue weighted by Gasteiger charge is 2.24. The third kappa shape index (κ3) is 4.58. The van der Waals surface area contributed by atoms with Gasteiger partial charge in [0, 0.05) is 6.20 Å². The molecule has 1 N–H and O–H groups in total. The van der Waals surface area contributed by atoms with E-state index >= 15 is 0 Å². The molecule has 7 nitrogen and oxygen atoms in total. The Morgan fingerprint density at radius 3 is 2.82 bits per heavy atom. The lowest BCUT2D eigenvalue weighted by Gasteiger charge is -2.15. The molecule has 3 aromatic rings. The molecule has 1 unspecified atom stereocenters. The van der Waals surface area contributed by atoms with E-state index in [1.54, 1.807) is 13.0 Å². The van der Waals surface area contributed by atoms with Crippen molar-refractivity contribution in [3.63, 3.8) is 0 Å². The van der Waals surface area contributed by atoms with Crippen LogP contribution >= 0.6 is 22.9 Å². The second-order valence-corrected chi connectivity index (χ2v) is 7.10. The van der Waals surface area contributed by atoms with Crippen LogP contribution in [0.3, 0.4) is 0 Å². The number of amides is 1. The summed E-state index contributed by atoms with van der Waals surface area (Å²) in [6.07, 6.45) is 0.789. The topological polar surface area (TPSA) is 90.4 Å². The minimum atomic E-state index is -0.977. The molecule has 28 heavy (non-hydrogen) atoms. The summed E-state index contributed by atoms with van der Waals surface area (Å²) >= 11 is 7.22. The number of hydrogen-bond donors (Lipinski definition) is 1. The van der Waals surface area contributed by atoms with E-state index in [0.717, 1.165) is 16.0 Å². The minimum absolute atomic E-state index is 0.0269. The first-order valence-corrected chi connectivity index (χ1v) is 9.87. The second kappa shape index (κ2) is 8.99. The van der Waals surface area contributed by atoms with Gasteiger partial charge in [0.1, 0.15) is 10.9 Å². The summed E-state index contributed by atoms with van der Waals surface area (Å²) in [7, 11) is 0. The maximum absolute atomic E-state index is 12.5. The van der Waals surface area contributed by atoms with Gasteiger partial charge >= 0.3 is 5.97 Å². The number of carbonyl (C=O) groups is 2. The normalized spacial score (nSPS) is 11.8. The fourth-order valence-electron chi connectivity index (χ4n) is 2.45. The number of aromatic nitrogens is 2. The van der Waals surface area contributed by atoms with E-state index in [0.29, 0.717) is 18.2 Å². The number of nitrogens with one attached hydrogen (secondary N) is 1. The van der Waals surface area contributed by atoms with E-state index in [1.165, 1.54) is 23.6 Å². The standard InChI is InChI=1S/C19H18ClN3O4S/c1-3-14(27-18(25)12-6-5-9-21-16(12)20)17(24)23-19-22-13-8-7-11(26-4-2)10-15(13)28-19/h5-10,14H,3-4H2,1-2H3,(H,22,23,24). The molecule has 1 aromatic carbocycles. The lowest BCUT2D eigenvalue weighted by molar-refractivity contribution is -0.124. The van der Waals surface area contributed by atoms with Crippen LogP contribution in [0.4, 0.5) is 5.13 Å². The molecule has 1 atom stereocenters. The summed E-state index contributed by atoms with van der Waals surface area (Å²) in [5, 5.41) is 3.15. The third-order valence-electron chi connectivity index (χ3n) is 3.79. The highest BCUT2D eigenvalue weighted by Crippen LogP contribution is 2.29. The average molecular weight is 420 g/mol. The van der Waals surface area contributed by atoms with E-state index in [1.807, 2.05) is 25.1 Å². The maximum Gasteiger partial charge on any atom is 0.342 e. The van der Waals surface area contributed by atoms with E-state index in [2.05, 4.69) is 15.3 Å². The quantitative estimate of drug-likeness (QED) is 0.453. The molecule has 1 amide bonds. The third-order valence-corrected chi connectivity index (χ3v) is 5.03. The first kappa shape index (κ1) is 20.0. The van der Waals surface area contributed by atoms with Crippen LogP contribution in [-0.2, 0) is 9.53 Å². The molecule has 0 saturated heterocycles. The second-order valence-electron chi connectivity index (χ2n) is 5.71. The molecule has 0 aliphatic carbocycles. The number of benzene rings is 1. The van der Waals surface area contributed by atoms with Crippen molar-refractivity contribution in [3.05, 3.63) is 47.2 Å². The van der Waals surface area contributed by atoms with Crippen molar-refractivity contribution < 1.29 is 19.1 Å². The number of nitrogens with zero attached hydrogens (tertiary/aromatic N) is 2.